The number of carboxylic acid groups (broad SMARTS) is 1. The average molecular weight is 575 g/mol. The number of nitrogens with one attached hydrogen (secondary N) is 1. The lowest BCUT2D eigenvalue weighted by Gasteiger charge is -2.49. The number of phenols is 1. The molecule has 2 aromatic carbocycles. The van der Waals surface area contributed by atoms with E-state index in [1.54, 1.807) is 19.1 Å². The number of benzene rings is 2. The molecule has 206 valence electrons. The van der Waals surface area contributed by atoms with Gasteiger partial charge < -0.3 is 31.7 Å². The number of nitrogens with zero attached hydrogens (tertiary/aromatic N) is 1. The van der Waals surface area contributed by atoms with E-state index in [1.165, 1.54) is 65.2 Å². The van der Waals surface area contributed by atoms with Crippen LogP contribution in [-0.2, 0) is 19.2 Å². The highest BCUT2D eigenvalue weighted by Crippen LogP contribution is 2.40. The smallest absolute Gasteiger partial charge is 0.352 e. The van der Waals surface area contributed by atoms with Crippen LogP contribution in [-0.4, -0.2) is 56.0 Å². The number of fused-ring (bicyclic) bond motifs is 1. The van der Waals surface area contributed by atoms with Crippen LogP contribution in [0.3, 0.4) is 0 Å². The minimum absolute atomic E-state index is 0. The summed E-state index contributed by atoms with van der Waals surface area (Å²) in [4.78, 5) is 50.9. The summed E-state index contributed by atoms with van der Waals surface area (Å²) in [5, 5.41) is 21.1. The first-order valence-electron chi connectivity index (χ1n) is 11.6. The average Bonchev–Trinajstić information content (AvgIpc) is 2.91. The van der Waals surface area contributed by atoms with Gasteiger partial charge in [0.2, 0.25) is 5.91 Å². The summed E-state index contributed by atoms with van der Waals surface area (Å²) in [5.74, 6) is -2.43. The molecule has 2 amide bonds. The van der Waals surface area contributed by atoms with Crippen molar-refractivity contribution in [3.8, 4) is 11.5 Å². The summed E-state index contributed by atoms with van der Waals surface area (Å²) in [7, 11) is 0. The first-order valence-corrected chi connectivity index (χ1v) is 12.6. The topological polar surface area (TPSA) is 185 Å². The van der Waals surface area contributed by atoms with Gasteiger partial charge in [-0.05, 0) is 47.9 Å². The van der Waals surface area contributed by atoms with Gasteiger partial charge >= 0.3 is 11.9 Å². The summed E-state index contributed by atoms with van der Waals surface area (Å²) in [5.41, 5.74) is 13.3. The number of aliphatic carboxylic acids is 1. The number of hydrogen-bond acceptors (Lipinski definition) is 9. The van der Waals surface area contributed by atoms with Crippen LogP contribution < -0.4 is 21.5 Å². The fourth-order valence-electron chi connectivity index (χ4n) is 4.11. The highest BCUT2D eigenvalue weighted by molar-refractivity contribution is 8.00. The van der Waals surface area contributed by atoms with E-state index in [9.17, 15) is 29.4 Å². The third kappa shape index (κ3) is 6.09. The highest BCUT2D eigenvalue weighted by atomic mass is 35.5. The van der Waals surface area contributed by atoms with Gasteiger partial charge in [-0.2, -0.15) is 0 Å². The monoisotopic (exact) mass is 574 g/mol. The molecule has 0 aromatic heterocycles. The van der Waals surface area contributed by atoms with E-state index in [-0.39, 0.29) is 29.6 Å². The standard InChI is InChI=1S/C26H26N4O7S.ClH/c1-2-3-15-12-38-24-20(23(33)30(24)21(15)25(34)35)29-22(32)18(27)13-6-10-17(11-7-13)37-26(36)19(28)14-4-8-16(31)9-5-14;/h2-11,18-20,24,31H,12,27-28H2,1H3,(H,29,32)(H,34,35);1H/b3-2-;/t18-,19-,20-,24-;/m1./s1. The molecule has 2 heterocycles. The van der Waals surface area contributed by atoms with Gasteiger partial charge in [-0.1, -0.05) is 36.4 Å². The van der Waals surface area contributed by atoms with E-state index >= 15 is 0 Å². The molecule has 0 aliphatic carbocycles. The molecule has 0 spiro atoms. The number of carbonyl (C=O) groups excluding carboxylic acids is 3. The summed E-state index contributed by atoms with van der Waals surface area (Å²) in [6.07, 6.45) is 3.36. The number of halogens is 1. The second-order valence-corrected chi connectivity index (χ2v) is 9.72. The Morgan fingerprint density at radius 1 is 1.08 bits per heavy atom. The molecule has 2 aliphatic heterocycles. The van der Waals surface area contributed by atoms with Crippen LogP contribution >= 0.6 is 24.2 Å². The summed E-state index contributed by atoms with van der Waals surface area (Å²) >= 11 is 1.36. The molecule has 0 radical (unpaired) electrons. The minimum Gasteiger partial charge on any atom is -0.508 e. The maximum absolute atomic E-state index is 12.8. The Kier molecular flexibility index (Phi) is 9.41. The van der Waals surface area contributed by atoms with Gasteiger partial charge in [-0.15, -0.1) is 24.2 Å². The molecule has 13 heteroatoms. The SMILES string of the molecule is C/C=C\C1=C(C(=O)O)N2C(=O)[C@@H](NC(=O)[C@H](N)c3ccc(OC(=O)[C@H](N)c4ccc(O)cc4)cc3)[C@H]2SC1.Cl. The second-order valence-electron chi connectivity index (χ2n) is 8.61. The maximum atomic E-state index is 12.8. The number of amides is 2. The fourth-order valence-corrected chi connectivity index (χ4v) is 5.43. The third-order valence-electron chi connectivity index (χ3n) is 6.11. The number of rotatable bonds is 8. The van der Waals surface area contributed by atoms with Crippen molar-refractivity contribution >= 4 is 47.9 Å². The lowest BCUT2D eigenvalue weighted by Crippen LogP contribution is -2.71. The van der Waals surface area contributed by atoms with Crippen molar-refractivity contribution in [1.29, 1.82) is 0 Å². The van der Waals surface area contributed by atoms with Gasteiger partial charge in [0.05, 0.1) is 0 Å². The molecule has 0 bridgehead atoms. The van der Waals surface area contributed by atoms with Crippen LogP contribution in [0.15, 0.2) is 72.0 Å². The van der Waals surface area contributed by atoms with Crippen molar-refractivity contribution in [3.63, 3.8) is 0 Å². The molecule has 7 N–H and O–H groups in total. The summed E-state index contributed by atoms with van der Waals surface area (Å²) < 4.78 is 5.30. The third-order valence-corrected chi connectivity index (χ3v) is 7.41. The van der Waals surface area contributed by atoms with Crippen molar-refractivity contribution in [3.05, 3.63) is 83.1 Å². The van der Waals surface area contributed by atoms with Crippen LogP contribution in [0.2, 0.25) is 0 Å². The molecule has 39 heavy (non-hydrogen) atoms. The zero-order valence-electron chi connectivity index (χ0n) is 20.6. The molecule has 4 atom stereocenters. The molecule has 4 rings (SSSR count). The van der Waals surface area contributed by atoms with Crippen molar-refractivity contribution in [2.24, 2.45) is 11.5 Å². The van der Waals surface area contributed by atoms with Crippen LogP contribution in [0, 0.1) is 0 Å². The molecular weight excluding hydrogens is 548 g/mol. The molecular formula is C26H27ClN4O7S. The molecule has 0 unspecified atom stereocenters. The first kappa shape index (κ1) is 29.7. The number of thioether (sulfide) groups is 1. The van der Waals surface area contributed by atoms with E-state index in [4.69, 9.17) is 16.2 Å². The lowest BCUT2D eigenvalue weighted by molar-refractivity contribution is -0.150. The molecule has 1 fully saturated rings. The number of allylic oxidation sites excluding steroid dienone is 2. The Hall–Kier alpha value is -3.84. The van der Waals surface area contributed by atoms with E-state index in [1.807, 2.05) is 0 Å². The predicted octanol–water partition coefficient (Wildman–Crippen LogP) is 1.73. The summed E-state index contributed by atoms with van der Waals surface area (Å²) in [6.45, 7) is 1.76. The normalized spacial score (nSPS) is 19.9. The fraction of sp³-hybridized carbons (Fsp3) is 0.231. The Balaban J connectivity index is 0.00000420. The number of carboxylic acids is 1. The van der Waals surface area contributed by atoms with Gasteiger partial charge in [0.1, 0.15) is 40.7 Å². The van der Waals surface area contributed by atoms with Gasteiger partial charge in [0.15, 0.2) is 0 Å². The number of phenolic OH excluding ortho intramolecular Hbond substituents is 1. The minimum atomic E-state index is -1.21. The lowest BCUT2D eigenvalue weighted by atomic mass is 10.0. The van der Waals surface area contributed by atoms with E-state index in [0.29, 0.717) is 22.5 Å². The van der Waals surface area contributed by atoms with Gasteiger partial charge in [-0.25, -0.2) is 9.59 Å². The molecule has 11 nitrogen and oxygen atoms in total. The highest BCUT2D eigenvalue weighted by Gasteiger charge is 2.54. The number of aromatic hydroxyl groups is 1. The van der Waals surface area contributed by atoms with Crippen LogP contribution in [0.5, 0.6) is 11.5 Å². The van der Waals surface area contributed by atoms with Gasteiger partial charge in [0.25, 0.3) is 5.91 Å². The maximum Gasteiger partial charge on any atom is 0.352 e. The predicted molar refractivity (Wildman–Crippen MR) is 146 cm³/mol. The number of carbonyl (C=O) groups is 4. The number of esters is 1. The second kappa shape index (κ2) is 12.3. The Bertz CT molecular complexity index is 1330. The van der Waals surface area contributed by atoms with Crippen molar-refractivity contribution in [1.82, 2.24) is 10.2 Å². The molecule has 0 saturated carbocycles. The van der Waals surface area contributed by atoms with E-state index in [2.05, 4.69) is 5.32 Å². The zero-order valence-corrected chi connectivity index (χ0v) is 22.3. The number of hydrogen-bond donors (Lipinski definition) is 5. The van der Waals surface area contributed by atoms with E-state index < -0.39 is 47.3 Å². The van der Waals surface area contributed by atoms with Crippen LogP contribution in [0.1, 0.15) is 30.1 Å². The largest absolute Gasteiger partial charge is 0.508 e. The van der Waals surface area contributed by atoms with Crippen molar-refractivity contribution < 1.29 is 34.1 Å². The van der Waals surface area contributed by atoms with Crippen LogP contribution in [0.4, 0.5) is 0 Å². The number of β-lactam (4-membered cyclic amide) rings is 1. The van der Waals surface area contributed by atoms with Crippen molar-refractivity contribution in [2.45, 2.75) is 30.4 Å². The van der Waals surface area contributed by atoms with E-state index in [0.717, 1.165) is 0 Å². The molecule has 2 aromatic rings. The summed E-state index contributed by atoms with van der Waals surface area (Å²) in [6, 6.07) is 8.71. The van der Waals surface area contributed by atoms with Gasteiger partial charge in [-0.3, -0.25) is 14.5 Å². The van der Waals surface area contributed by atoms with Crippen molar-refractivity contribution in [2.75, 3.05) is 5.75 Å². The quantitative estimate of drug-likeness (QED) is 0.177. The molecule has 2 aliphatic rings. The number of ether oxygens (including phenoxy) is 1. The Labute approximate surface area is 234 Å². The Morgan fingerprint density at radius 2 is 1.67 bits per heavy atom. The molecule has 1 saturated heterocycles. The van der Waals surface area contributed by atoms with Gasteiger partial charge in [0, 0.05) is 5.75 Å². The van der Waals surface area contributed by atoms with Crippen LogP contribution in [0.25, 0.3) is 0 Å². The number of nitrogens with two attached hydrogens (primary N) is 2. The zero-order chi connectivity index (χ0) is 27.6. The first-order chi connectivity index (χ1) is 18.1. The Morgan fingerprint density at radius 3 is 2.26 bits per heavy atom.